The van der Waals surface area contributed by atoms with Crippen molar-refractivity contribution in [2.45, 2.75) is 6.42 Å². The fourth-order valence-corrected chi connectivity index (χ4v) is 3.55. The van der Waals surface area contributed by atoms with Crippen LogP contribution >= 0.6 is 22.7 Å². The third-order valence-electron chi connectivity index (χ3n) is 3.17. The molecule has 0 atom stereocenters. The molecule has 22 heavy (non-hydrogen) atoms. The predicted octanol–water partition coefficient (Wildman–Crippen LogP) is 4.67. The Kier molecular flexibility index (Phi) is 4.70. The summed E-state index contributed by atoms with van der Waals surface area (Å²) in [5, 5.41) is 8.12. The highest BCUT2D eigenvalue weighted by molar-refractivity contribution is 7.14. The van der Waals surface area contributed by atoms with Crippen LogP contribution in [0.25, 0.3) is 11.3 Å². The van der Waals surface area contributed by atoms with Crippen LogP contribution in [0, 0.1) is 5.82 Å². The van der Waals surface area contributed by atoms with Crippen LogP contribution in [0.15, 0.2) is 41.1 Å². The van der Waals surface area contributed by atoms with Gasteiger partial charge in [-0.3, -0.25) is 0 Å². The van der Waals surface area contributed by atoms with E-state index in [2.05, 4.69) is 27.8 Å². The Morgan fingerprint density at radius 1 is 1.27 bits per heavy atom. The average molecular weight is 334 g/mol. The normalized spacial score (nSPS) is 10.6. The summed E-state index contributed by atoms with van der Waals surface area (Å²) in [7, 11) is 1.57. The Bertz CT molecular complexity index is 740. The maximum atomic E-state index is 13.4. The molecule has 0 saturated carbocycles. The van der Waals surface area contributed by atoms with E-state index in [9.17, 15) is 4.39 Å². The lowest BCUT2D eigenvalue weighted by Gasteiger charge is -2.06. The second-order valence-corrected chi connectivity index (χ2v) is 6.53. The first-order chi connectivity index (χ1) is 10.8. The highest BCUT2D eigenvalue weighted by Gasteiger charge is 2.11. The van der Waals surface area contributed by atoms with E-state index in [1.807, 2.05) is 5.38 Å². The molecule has 0 unspecified atom stereocenters. The number of anilines is 1. The molecule has 0 saturated heterocycles. The molecule has 1 N–H and O–H groups in total. The van der Waals surface area contributed by atoms with E-state index < -0.39 is 0 Å². The summed E-state index contributed by atoms with van der Waals surface area (Å²) in [5.41, 5.74) is 1.39. The lowest BCUT2D eigenvalue weighted by molar-refractivity contribution is 0.415. The summed E-state index contributed by atoms with van der Waals surface area (Å²) in [6.07, 6.45) is 0.968. The minimum atomic E-state index is -0.295. The molecule has 3 nitrogen and oxygen atoms in total. The highest BCUT2D eigenvalue weighted by Crippen LogP contribution is 2.32. The monoisotopic (exact) mass is 334 g/mol. The highest BCUT2D eigenvalue weighted by atomic mass is 32.1. The van der Waals surface area contributed by atoms with Crippen LogP contribution in [0.5, 0.6) is 5.75 Å². The van der Waals surface area contributed by atoms with Crippen LogP contribution in [0.1, 0.15) is 4.88 Å². The molecule has 0 radical (unpaired) electrons. The van der Waals surface area contributed by atoms with E-state index in [0.29, 0.717) is 11.3 Å². The molecule has 6 heteroatoms. The smallest absolute Gasteiger partial charge is 0.183 e. The largest absolute Gasteiger partial charge is 0.496 e. The van der Waals surface area contributed by atoms with E-state index in [1.165, 1.54) is 28.3 Å². The summed E-state index contributed by atoms with van der Waals surface area (Å²) < 4.78 is 18.7. The Hall–Kier alpha value is -1.92. The van der Waals surface area contributed by atoms with E-state index in [0.717, 1.165) is 23.8 Å². The van der Waals surface area contributed by atoms with Crippen LogP contribution in [-0.4, -0.2) is 18.6 Å². The number of hydrogen-bond donors (Lipinski definition) is 1. The molecule has 0 amide bonds. The van der Waals surface area contributed by atoms with Gasteiger partial charge in [0.15, 0.2) is 5.13 Å². The number of thiazole rings is 1. The van der Waals surface area contributed by atoms with Crippen molar-refractivity contribution in [3.63, 3.8) is 0 Å². The lowest BCUT2D eigenvalue weighted by atomic mass is 10.1. The fraction of sp³-hybridized carbons (Fsp3) is 0.188. The number of hydrogen-bond acceptors (Lipinski definition) is 5. The fourth-order valence-electron chi connectivity index (χ4n) is 2.11. The number of nitrogens with one attached hydrogen (secondary N) is 1. The molecule has 0 aliphatic heterocycles. The summed E-state index contributed by atoms with van der Waals surface area (Å²) in [6.45, 7) is 0.827. The average Bonchev–Trinajstić information content (AvgIpc) is 3.19. The SMILES string of the molecule is COc1ccc(F)cc1-c1csc(NCCc2cccs2)n1. The Labute approximate surface area is 136 Å². The number of aromatic nitrogens is 1. The number of ether oxygens (including phenoxy) is 1. The maximum Gasteiger partial charge on any atom is 0.183 e. The molecule has 2 heterocycles. The minimum absolute atomic E-state index is 0.295. The zero-order valence-electron chi connectivity index (χ0n) is 12.0. The van der Waals surface area contributed by atoms with E-state index in [4.69, 9.17) is 4.74 Å². The van der Waals surface area contributed by atoms with Gasteiger partial charge in [-0.15, -0.1) is 22.7 Å². The number of methoxy groups -OCH3 is 1. The standard InChI is InChI=1S/C16H15FN2OS2/c1-20-15-5-4-11(17)9-13(15)14-10-22-16(19-14)18-7-6-12-3-2-8-21-12/h2-5,8-10H,6-7H2,1H3,(H,18,19). The first-order valence-corrected chi connectivity index (χ1v) is 8.58. The van der Waals surface area contributed by atoms with Gasteiger partial charge in [0, 0.05) is 22.4 Å². The van der Waals surface area contributed by atoms with Crippen LogP contribution in [0.3, 0.4) is 0 Å². The number of rotatable bonds is 6. The van der Waals surface area contributed by atoms with Crippen molar-refractivity contribution in [1.29, 1.82) is 0 Å². The van der Waals surface area contributed by atoms with Gasteiger partial charge in [0.2, 0.25) is 0 Å². The van der Waals surface area contributed by atoms with Crippen molar-refractivity contribution in [3.8, 4) is 17.0 Å². The molecule has 0 aliphatic rings. The molecule has 3 rings (SSSR count). The first kappa shape index (κ1) is 15.0. The zero-order valence-corrected chi connectivity index (χ0v) is 13.6. The van der Waals surface area contributed by atoms with Gasteiger partial charge in [0.25, 0.3) is 0 Å². The van der Waals surface area contributed by atoms with Gasteiger partial charge in [-0.1, -0.05) is 6.07 Å². The van der Waals surface area contributed by atoms with E-state index >= 15 is 0 Å². The Morgan fingerprint density at radius 3 is 2.95 bits per heavy atom. The third-order valence-corrected chi connectivity index (χ3v) is 4.91. The molecule has 3 aromatic rings. The minimum Gasteiger partial charge on any atom is -0.496 e. The van der Waals surface area contributed by atoms with Crippen molar-refractivity contribution in [2.75, 3.05) is 19.0 Å². The van der Waals surface area contributed by atoms with Crippen LogP contribution < -0.4 is 10.1 Å². The lowest BCUT2D eigenvalue weighted by Crippen LogP contribution is -2.03. The summed E-state index contributed by atoms with van der Waals surface area (Å²) >= 11 is 3.26. The molecular formula is C16H15FN2OS2. The maximum absolute atomic E-state index is 13.4. The predicted molar refractivity (Wildman–Crippen MR) is 90.6 cm³/mol. The van der Waals surface area contributed by atoms with Gasteiger partial charge < -0.3 is 10.1 Å². The van der Waals surface area contributed by atoms with Crippen molar-refractivity contribution in [2.24, 2.45) is 0 Å². The quantitative estimate of drug-likeness (QED) is 0.711. The summed E-state index contributed by atoms with van der Waals surface area (Å²) in [5.74, 6) is 0.327. The Morgan fingerprint density at radius 2 is 2.18 bits per heavy atom. The number of benzene rings is 1. The van der Waals surface area contributed by atoms with Crippen LogP contribution in [0.2, 0.25) is 0 Å². The number of nitrogens with zero attached hydrogens (tertiary/aromatic N) is 1. The van der Waals surface area contributed by atoms with Crippen molar-refractivity contribution in [1.82, 2.24) is 4.98 Å². The first-order valence-electron chi connectivity index (χ1n) is 6.82. The van der Waals surface area contributed by atoms with Gasteiger partial charge in [-0.25, -0.2) is 9.37 Å². The van der Waals surface area contributed by atoms with Crippen molar-refractivity contribution >= 4 is 27.8 Å². The van der Waals surface area contributed by atoms with Gasteiger partial charge in [0.05, 0.1) is 12.8 Å². The van der Waals surface area contributed by atoms with Gasteiger partial charge in [-0.2, -0.15) is 0 Å². The molecular weight excluding hydrogens is 319 g/mol. The molecule has 0 fully saturated rings. The van der Waals surface area contributed by atoms with E-state index in [-0.39, 0.29) is 5.82 Å². The number of halogens is 1. The topological polar surface area (TPSA) is 34.1 Å². The second-order valence-electron chi connectivity index (χ2n) is 4.64. The van der Waals surface area contributed by atoms with E-state index in [1.54, 1.807) is 24.5 Å². The van der Waals surface area contributed by atoms with Crippen molar-refractivity contribution in [3.05, 3.63) is 51.8 Å². The summed E-state index contributed by atoms with van der Waals surface area (Å²) in [4.78, 5) is 5.86. The van der Waals surface area contributed by atoms with Crippen LogP contribution in [-0.2, 0) is 6.42 Å². The van der Waals surface area contributed by atoms with Gasteiger partial charge in [0.1, 0.15) is 11.6 Å². The molecule has 114 valence electrons. The summed E-state index contributed by atoms with van der Waals surface area (Å²) in [6, 6.07) is 8.63. The van der Waals surface area contributed by atoms with Crippen LogP contribution in [0.4, 0.5) is 9.52 Å². The molecule has 0 bridgehead atoms. The molecule has 0 aliphatic carbocycles. The third kappa shape index (κ3) is 3.45. The second kappa shape index (κ2) is 6.89. The molecule has 0 spiro atoms. The molecule has 1 aromatic carbocycles. The zero-order chi connectivity index (χ0) is 15.4. The molecule has 2 aromatic heterocycles. The van der Waals surface area contributed by atoms with Gasteiger partial charge in [-0.05, 0) is 36.1 Å². The Balaban J connectivity index is 1.69. The number of thiophene rings is 1. The van der Waals surface area contributed by atoms with Gasteiger partial charge >= 0.3 is 0 Å². The van der Waals surface area contributed by atoms with Crippen molar-refractivity contribution < 1.29 is 9.13 Å².